The number of fused-ring (bicyclic) bond motifs is 1. The van der Waals surface area contributed by atoms with E-state index >= 15 is 0 Å². The summed E-state index contributed by atoms with van der Waals surface area (Å²) in [4.78, 5) is 25.4. The molecule has 0 amide bonds. The van der Waals surface area contributed by atoms with Crippen LogP contribution in [0.4, 0.5) is 5.95 Å². The number of hydrogen-bond donors (Lipinski definition) is 0. The summed E-state index contributed by atoms with van der Waals surface area (Å²) in [5, 5.41) is 9.65. The highest BCUT2D eigenvalue weighted by Gasteiger charge is 2.23. The van der Waals surface area contributed by atoms with E-state index in [1.54, 1.807) is 23.6 Å². The first kappa shape index (κ1) is 21.0. The standard InChI is InChI=1S/C23H24N6OS/c1-3-4-14-28-19-20(25-22(28)27-12-6-5-7-13-27)26-23(31-2)29(21(19)30)16-18-10-8-17(15-24)9-11-18/h8-11H,5-7,12-14,16H2,1-2H3. The van der Waals surface area contributed by atoms with Crippen molar-refractivity contribution in [3.05, 3.63) is 45.7 Å². The maximum atomic E-state index is 13.6. The van der Waals surface area contributed by atoms with Crippen LogP contribution >= 0.6 is 11.8 Å². The summed E-state index contributed by atoms with van der Waals surface area (Å²) in [5.41, 5.74) is 2.39. The third-order valence-corrected chi connectivity index (χ3v) is 6.15. The monoisotopic (exact) mass is 432 g/mol. The molecule has 1 aliphatic heterocycles. The molecule has 0 spiro atoms. The van der Waals surface area contributed by atoms with Crippen LogP contribution in [-0.2, 0) is 13.1 Å². The molecule has 31 heavy (non-hydrogen) atoms. The van der Waals surface area contributed by atoms with Gasteiger partial charge in [0.25, 0.3) is 5.56 Å². The molecule has 1 aromatic carbocycles. The molecule has 3 aromatic rings. The minimum atomic E-state index is -0.118. The highest BCUT2D eigenvalue weighted by atomic mass is 32.2. The van der Waals surface area contributed by atoms with E-state index in [1.165, 1.54) is 18.2 Å². The number of rotatable bonds is 5. The number of nitriles is 1. The van der Waals surface area contributed by atoms with Crippen LogP contribution in [0.3, 0.4) is 0 Å². The Morgan fingerprint density at radius 3 is 2.48 bits per heavy atom. The first-order valence-electron chi connectivity index (χ1n) is 10.3. The van der Waals surface area contributed by atoms with Crippen molar-refractivity contribution in [2.45, 2.75) is 44.4 Å². The number of anilines is 1. The molecule has 1 saturated heterocycles. The zero-order valence-corrected chi connectivity index (χ0v) is 18.6. The van der Waals surface area contributed by atoms with E-state index < -0.39 is 0 Å². The minimum Gasteiger partial charge on any atom is -0.342 e. The average Bonchev–Trinajstić information content (AvgIpc) is 3.19. The van der Waals surface area contributed by atoms with Crippen molar-refractivity contribution >= 4 is 28.9 Å². The minimum absolute atomic E-state index is 0.118. The number of benzene rings is 1. The number of thioether (sulfide) groups is 1. The molecule has 0 unspecified atom stereocenters. The summed E-state index contributed by atoms with van der Waals surface area (Å²) in [5.74, 6) is 6.81. The molecule has 3 heterocycles. The second-order valence-electron chi connectivity index (χ2n) is 7.44. The average molecular weight is 433 g/mol. The molecule has 0 atom stereocenters. The van der Waals surface area contributed by atoms with Crippen LogP contribution in [0.1, 0.15) is 37.3 Å². The second-order valence-corrected chi connectivity index (χ2v) is 8.22. The van der Waals surface area contributed by atoms with Gasteiger partial charge in [-0.1, -0.05) is 29.8 Å². The van der Waals surface area contributed by atoms with Gasteiger partial charge in [-0.3, -0.25) is 13.9 Å². The fraction of sp³-hybridized carbons (Fsp3) is 0.391. The van der Waals surface area contributed by atoms with Crippen molar-refractivity contribution in [3.8, 4) is 17.9 Å². The van der Waals surface area contributed by atoms with Crippen molar-refractivity contribution in [2.75, 3.05) is 24.2 Å². The predicted octanol–water partition coefficient (Wildman–Crippen LogP) is 3.25. The van der Waals surface area contributed by atoms with Crippen LogP contribution in [0.25, 0.3) is 11.2 Å². The van der Waals surface area contributed by atoms with Gasteiger partial charge in [-0.15, -0.1) is 5.92 Å². The molecule has 0 bridgehead atoms. The van der Waals surface area contributed by atoms with Gasteiger partial charge < -0.3 is 4.90 Å². The van der Waals surface area contributed by atoms with E-state index in [0.717, 1.165) is 37.4 Å². The Morgan fingerprint density at radius 1 is 1.10 bits per heavy atom. The van der Waals surface area contributed by atoms with Crippen LogP contribution in [0, 0.1) is 23.2 Å². The molecule has 158 valence electrons. The summed E-state index contributed by atoms with van der Waals surface area (Å²) in [6.07, 6.45) is 5.37. The van der Waals surface area contributed by atoms with Gasteiger partial charge in [-0.05, 0) is 50.1 Å². The lowest BCUT2D eigenvalue weighted by molar-refractivity contribution is 0.561. The van der Waals surface area contributed by atoms with Crippen LogP contribution in [0.2, 0.25) is 0 Å². The van der Waals surface area contributed by atoms with Crippen LogP contribution in [0.15, 0.2) is 34.2 Å². The lowest BCUT2D eigenvalue weighted by atomic mass is 10.1. The lowest BCUT2D eigenvalue weighted by Gasteiger charge is -2.27. The summed E-state index contributed by atoms with van der Waals surface area (Å²) in [6.45, 7) is 4.45. The van der Waals surface area contributed by atoms with E-state index in [9.17, 15) is 4.79 Å². The zero-order chi connectivity index (χ0) is 21.8. The van der Waals surface area contributed by atoms with Crippen molar-refractivity contribution in [1.82, 2.24) is 19.1 Å². The number of imidazole rings is 1. The van der Waals surface area contributed by atoms with E-state index in [0.29, 0.717) is 35.0 Å². The number of piperidine rings is 1. The third-order valence-electron chi connectivity index (χ3n) is 5.47. The van der Waals surface area contributed by atoms with E-state index in [1.807, 2.05) is 23.0 Å². The van der Waals surface area contributed by atoms with Crippen molar-refractivity contribution < 1.29 is 0 Å². The van der Waals surface area contributed by atoms with Gasteiger partial charge in [0.15, 0.2) is 16.3 Å². The van der Waals surface area contributed by atoms with Crippen molar-refractivity contribution in [3.63, 3.8) is 0 Å². The summed E-state index contributed by atoms with van der Waals surface area (Å²) in [6, 6.07) is 9.40. The Balaban J connectivity index is 1.86. The molecule has 4 rings (SSSR count). The summed E-state index contributed by atoms with van der Waals surface area (Å²) < 4.78 is 3.61. The Kier molecular flexibility index (Phi) is 6.29. The Hall–Kier alpha value is -3.23. The van der Waals surface area contributed by atoms with E-state index in [2.05, 4.69) is 22.8 Å². The van der Waals surface area contributed by atoms with Gasteiger partial charge in [-0.25, -0.2) is 4.98 Å². The molecule has 7 nitrogen and oxygen atoms in total. The van der Waals surface area contributed by atoms with Gasteiger partial charge in [0.2, 0.25) is 5.95 Å². The van der Waals surface area contributed by atoms with Gasteiger partial charge in [-0.2, -0.15) is 10.2 Å². The van der Waals surface area contributed by atoms with Gasteiger partial charge in [0.05, 0.1) is 24.7 Å². The Labute approximate surface area is 185 Å². The first-order valence-corrected chi connectivity index (χ1v) is 11.6. The molecule has 0 saturated carbocycles. The maximum absolute atomic E-state index is 13.6. The highest BCUT2D eigenvalue weighted by Crippen LogP contribution is 2.24. The third kappa shape index (κ3) is 4.17. The van der Waals surface area contributed by atoms with Crippen LogP contribution < -0.4 is 10.5 Å². The number of nitrogens with zero attached hydrogens (tertiary/aromatic N) is 6. The van der Waals surface area contributed by atoms with Crippen LogP contribution in [-0.4, -0.2) is 38.4 Å². The molecule has 8 heteroatoms. The number of hydrogen-bond acceptors (Lipinski definition) is 6. The molecule has 1 aliphatic rings. The second kappa shape index (κ2) is 9.28. The fourth-order valence-corrected chi connectivity index (χ4v) is 4.43. The topological polar surface area (TPSA) is 79.7 Å². The molecular formula is C23H24N6OS. The Bertz CT molecular complexity index is 1250. The van der Waals surface area contributed by atoms with Gasteiger partial charge in [0.1, 0.15) is 0 Å². The van der Waals surface area contributed by atoms with Crippen molar-refractivity contribution in [2.24, 2.45) is 0 Å². The van der Waals surface area contributed by atoms with E-state index in [4.69, 9.17) is 15.2 Å². The lowest BCUT2D eigenvalue weighted by Crippen LogP contribution is -2.32. The van der Waals surface area contributed by atoms with Gasteiger partial charge in [0, 0.05) is 13.1 Å². The van der Waals surface area contributed by atoms with E-state index in [-0.39, 0.29) is 5.56 Å². The zero-order valence-electron chi connectivity index (χ0n) is 17.8. The smallest absolute Gasteiger partial charge is 0.280 e. The molecule has 1 fully saturated rings. The molecule has 0 radical (unpaired) electrons. The maximum Gasteiger partial charge on any atom is 0.280 e. The van der Waals surface area contributed by atoms with Crippen LogP contribution in [0.5, 0.6) is 0 Å². The molecule has 0 N–H and O–H groups in total. The molecular weight excluding hydrogens is 408 g/mol. The largest absolute Gasteiger partial charge is 0.342 e. The first-order chi connectivity index (χ1) is 15.2. The molecule has 2 aromatic heterocycles. The number of aromatic nitrogens is 4. The van der Waals surface area contributed by atoms with Crippen molar-refractivity contribution in [1.29, 1.82) is 5.26 Å². The normalized spacial score (nSPS) is 13.6. The summed E-state index contributed by atoms with van der Waals surface area (Å²) >= 11 is 1.43. The SMILES string of the molecule is CC#CCn1c(N2CCCCC2)nc2nc(SC)n(Cc3ccc(C#N)cc3)c(=O)c21. The summed E-state index contributed by atoms with van der Waals surface area (Å²) in [7, 11) is 0. The quantitative estimate of drug-likeness (QED) is 0.350. The molecule has 0 aliphatic carbocycles. The highest BCUT2D eigenvalue weighted by molar-refractivity contribution is 7.98. The predicted molar refractivity (Wildman–Crippen MR) is 123 cm³/mol. The Morgan fingerprint density at radius 2 is 1.84 bits per heavy atom. The fourth-order valence-electron chi connectivity index (χ4n) is 3.89. The van der Waals surface area contributed by atoms with Gasteiger partial charge >= 0.3 is 0 Å².